The topological polar surface area (TPSA) is 41.1 Å². The smallest absolute Gasteiger partial charge is 0.237 e. The Labute approximate surface area is 121 Å². The van der Waals surface area contributed by atoms with E-state index in [1.54, 1.807) is 0 Å². The van der Waals surface area contributed by atoms with E-state index >= 15 is 0 Å². The van der Waals surface area contributed by atoms with Gasteiger partial charge in [-0.15, -0.1) is 0 Å². The zero-order valence-electron chi connectivity index (χ0n) is 12.2. The molecule has 0 aromatic heterocycles. The van der Waals surface area contributed by atoms with E-state index in [1.807, 2.05) is 0 Å². The molecule has 1 atom stereocenters. The highest BCUT2D eigenvalue weighted by Gasteiger charge is 2.30. The summed E-state index contributed by atoms with van der Waals surface area (Å²) in [6.07, 6.45) is 5.91. The maximum atomic E-state index is 12.3. The van der Waals surface area contributed by atoms with Crippen molar-refractivity contribution in [1.82, 2.24) is 10.6 Å². The third kappa shape index (κ3) is 2.88. The normalized spacial score (nSPS) is 24.1. The van der Waals surface area contributed by atoms with E-state index in [9.17, 15) is 4.79 Å². The van der Waals surface area contributed by atoms with Gasteiger partial charge < -0.3 is 10.6 Å². The molecule has 1 fully saturated rings. The molecule has 108 valence electrons. The lowest BCUT2D eigenvalue weighted by Gasteiger charge is -2.28. The molecule has 2 aliphatic rings. The Hall–Kier alpha value is -1.35. The molecule has 1 heterocycles. The van der Waals surface area contributed by atoms with Gasteiger partial charge in [-0.1, -0.05) is 44.0 Å². The van der Waals surface area contributed by atoms with Crippen molar-refractivity contribution in [2.45, 2.75) is 51.6 Å². The third-order valence-corrected chi connectivity index (χ3v) is 4.90. The molecule has 3 rings (SSSR count). The van der Waals surface area contributed by atoms with Gasteiger partial charge in [0, 0.05) is 13.1 Å². The van der Waals surface area contributed by atoms with Crippen LogP contribution in [0.1, 0.15) is 43.7 Å². The molecule has 1 aromatic carbocycles. The van der Waals surface area contributed by atoms with Gasteiger partial charge in [0.2, 0.25) is 5.91 Å². The molecule has 1 saturated carbocycles. The first kappa shape index (κ1) is 13.6. The molecule has 2 N–H and O–H groups in total. The molecule has 0 bridgehead atoms. The third-order valence-electron chi connectivity index (χ3n) is 4.90. The van der Waals surface area contributed by atoms with Crippen LogP contribution in [0.25, 0.3) is 0 Å². The summed E-state index contributed by atoms with van der Waals surface area (Å²) in [5.74, 6) is 0.160. The van der Waals surface area contributed by atoms with Gasteiger partial charge in [-0.3, -0.25) is 4.79 Å². The van der Waals surface area contributed by atoms with Crippen molar-refractivity contribution in [3.05, 3.63) is 35.4 Å². The predicted octanol–water partition coefficient (Wildman–Crippen LogP) is 2.40. The Morgan fingerprint density at radius 2 is 2.00 bits per heavy atom. The fraction of sp³-hybridized carbons (Fsp3) is 0.588. The Morgan fingerprint density at radius 3 is 2.75 bits per heavy atom. The van der Waals surface area contributed by atoms with Crippen LogP contribution in [0, 0.1) is 5.41 Å². The highest BCUT2D eigenvalue weighted by molar-refractivity contribution is 5.82. The van der Waals surface area contributed by atoms with Crippen LogP contribution in [-0.2, 0) is 17.8 Å². The molecule has 0 unspecified atom stereocenters. The van der Waals surface area contributed by atoms with Crippen molar-refractivity contribution >= 4 is 5.91 Å². The summed E-state index contributed by atoms with van der Waals surface area (Å²) in [7, 11) is 0. The zero-order valence-corrected chi connectivity index (χ0v) is 12.2. The summed E-state index contributed by atoms with van der Waals surface area (Å²) in [6.45, 7) is 3.92. The maximum Gasteiger partial charge on any atom is 0.237 e. The second-order valence-electron chi connectivity index (χ2n) is 6.64. The van der Waals surface area contributed by atoms with E-state index < -0.39 is 0 Å². The molecule has 1 aromatic rings. The minimum Gasteiger partial charge on any atom is -0.354 e. The highest BCUT2D eigenvalue weighted by Crippen LogP contribution is 2.36. The van der Waals surface area contributed by atoms with Crippen molar-refractivity contribution in [2.24, 2.45) is 5.41 Å². The number of hydrogen-bond acceptors (Lipinski definition) is 2. The molecule has 3 nitrogen and oxygen atoms in total. The molecular weight excluding hydrogens is 248 g/mol. The predicted molar refractivity (Wildman–Crippen MR) is 80.4 cm³/mol. The minimum absolute atomic E-state index is 0.0742. The van der Waals surface area contributed by atoms with Crippen molar-refractivity contribution in [3.8, 4) is 0 Å². The summed E-state index contributed by atoms with van der Waals surface area (Å²) in [5, 5.41) is 6.52. The first-order chi connectivity index (χ1) is 9.66. The quantitative estimate of drug-likeness (QED) is 0.887. The van der Waals surface area contributed by atoms with Gasteiger partial charge in [0.1, 0.15) is 0 Å². The van der Waals surface area contributed by atoms with Gasteiger partial charge in [-0.25, -0.2) is 0 Å². The maximum absolute atomic E-state index is 12.3. The van der Waals surface area contributed by atoms with E-state index in [0.717, 1.165) is 19.5 Å². The van der Waals surface area contributed by atoms with E-state index in [1.165, 1.54) is 36.8 Å². The van der Waals surface area contributed by atoms with Gasteiger partial charge in [0.05, 0.1) is 6.04 Å². The monoisotopic (exact) mass is 272 g/mol. The van der Waals surface area contributed by atoms with Crippen molar-refractivity contribution in [1.29, 1.82) is 0 Å². The van der Waals surface area contributed by atoms with Crippen molar-refractivity contribution in [2.75, 3.05) is 6.54 Å². The Balaban J connectivity index is 1.56. The lowest BCUT2D eigenvalue weighted by atomic mass is 9.88. The van der Waals surface area contributed by atoms with Crippen LogP contribution < -0.4 is 10.6 Å². The van der Waals surface area contributed by atoms with Gasteiger partial charge in [-0.2, -0.15) is 0 Å². The standard InChI is InChI=1S/C17H24N2O/c1-17(8-4-5-9-17)12-19-16(20)15-10-13-6-2-3-7-14(13)11-18-15/h2-3,6-7,15,18H,4-5,8-12H2,1H3,(H,19,20)/t15-/m0/s1. The van der Waals surface area contributed by atoms with E-state index in [-0.39, 0.29) is 11.9 Å². The second-order valence-corrected chi connectivity index (χ2v) is 6.64. The second kappa shape index (κ2) is 5.57. The zero-order chi connectivity index (χ0) is 14.0. The molecule has 0 radical (unpaired) electrons. The summed E-state index contributed by atoms with van der Waals surface area (Å²) in [5.41, 5.74) is 2.94. The summed E-state index contributed by atoms with van der Waals surface area (Å²) < 4.78 is 0. The van der Waals surface area contributed by atoms with Gasteiger partial charge in [0.15, 0.2) is 0 Å². The summed E-state index contributed by atoms with van der Waals surface area (Å²) >= 11 is 0. The van der Waals surface area contributed by atoms with Gasteiger partial charge >= 0.3 is 0 Å². The number of carbonyl (C=O) groups excluding carboxylic acids is 1. The van der Waals surface area contributed by atoms with Crippen LogP contribution in [0.5, 0.6) is 0 Å². The van der Waals surface area contributed by atoms with Gasteiger partial charge in [0.25, 0.3) is 0 Å². The van der Waals surface area contributed by atoms with E-state index in [4.69, 9.17) is 0 Å². The van der Waals surface area contributed by atoms with Crippen LogP contribution in [0.4, 0.5) is 0 Å². The van der Waals surface area contributed by atoms with Crippen molar-refractivity contribution in [3.63, 3.8) is 0 Å². The molecule has 0 saturated heterocycles. The van der Waals surface area contributed by atoms with Crippen LogP contribution >= 0.6 is 0 Å². The number of rotatable bonds is 3. The van der Waals surface area contributed by atoms with Crippen LogP contribution in [0.15, 0.2) is 24.3 Å². The fourth-order valence-corrected chi connectivity index (χ4v) is 3.47. The number of benzene rings is 1. The number of nitrogens with one attached hydrogen (secondary N) is 2. The SMILES string of the molecule is CC1(CNC(=O)[C@@H]2Cc3ccccc3CN2)CCCC1. The minimum atomic E-state index is -0.0742. The van der Waals surface area contributed by atoms with Gasteiger partial charge in [-0.05, 0) is 35.8 Å². The summed E-state index contributed by atoms with van der Waals surface area (Å²) in [6, 6.07) is 8.31. The lowest BCUT2D eigenvalue weighted by Crippen LogP contribution is -2.49. The van der Waals surface area contributed by atoms with Crippen LogP contribution in [-0.4, -0.2) is 18.5 Å². The molecule has 1 amide bonds. The summed E-state index contributed by atoms with van der Waals surface area (Å²) in [4.78, 5) is 12.3. The molecule has 1 aliphatic carbocycles. The average molecular weight is 272 g/mol. The van der Waals surface area contributed by atoms with E-state index in [0.29, 0.717) is 5.41 Å². The lowest BCUT2D eigenvalue weighted by molar-refractivity contribution is -0.123. The number of hydrogen-bond donors (Lipinski definition) is 2. The van der Waals surface area contributed by atoms with Crippen LogP contribution in [0.2, 0.25) is 0 Å². The molecule has 3 heteroatoms. The Bertz CT molecular complexity index is 492. The van der Waals surface area contributed by atoms with Crippen molar-refractivity contribution < 1.29 is 4.79 Å². The first-order valence-corrected chi connectivity index (χ1v) is 7.74. The average Bonchev–Trinajstić information content (AvgIpc) is 2.91. The Kier molecular flexibility index (Phi) is 3.79. The Morgan fingerprint density at radius 1 is 1.30 bits per heavy atom. The molecule has 0 spiro atoms. The number of fused-ring (bicyclic) bond motifs is 1. The molecule has 1 aliphatic heterocycles. The highest BCUT2D eigenvalue weighted by atomic mass is 16.2. The fourth-order valence-electron chi connectivity index (χ4n) is 3.47. The largest absolute Gasteiger partial charge is 0.354 e. The number of amides is 1. The van der Waals surface area contributed by atoms with Crippen LogP contribution in [0.3, 0.4) is 0 Å². The molecule has 20 heavy (non-hydrogen) atoms. The van der Waals surface area contributed by atoms with E-state index in [2.05, 4.69) is 41.8 Å². The first-order valence-electron chi connectivity index (χ1n) is 7.74. The molecular formula is C17H24N2O. The number of carbonyl (C=O) groups is 1.